The van der Waals surface area contributed by atoms with E-state index < -0.39 is 0 Å². The average molecular weight is 512 g/mol. The third-order valence-electron chi connectivity index (χ3n) is 6.76. The number of nitrogens with one attached hydrogen (secondary N) is 4. The molecule has 0 spiro atoms. The number of carbonyl (C=O) groups is 1. The highest BCUT2D eigenvalue weighted by Gasteiger charge is 2.17. The molecule has 9 heteroatoms. The minimum Gasteiger partial charge on any atom is -0.350 e. The molecule has 2 aliphatic rings. The monoisotopic (exact) mass is 511 g/mol. The molecule has 3 heterocycles. The lowest BCUT2D eigenvalue weighted by Crippen LogP contribution is -2.20. The fraction of sp³-hybridized carbons (Fsp3) is 0.179. The number of anilines is 5. The second kappa shape index (κ2) is 9.63. The standard InChI is InChI=1S/C28H26ClN7O/c1-36-13-12-21-24(6-3-7-25(21)36)34-28(37)33-23-11-10-20-15-18(23)9-8-17-4-2-5-19(14-17)32-27-30-16-22(29)26(31-20)35-27/h2-7,10-13,15-17H,8-9,14H2,1H3,(H2,33,34,37)(H2,30,31,32,35). The molecule has 1 aliphatic carbocycles. The van der Waals surface area contributed by atoms with Crippen LogP contribution >= 0.6 is 11.6 Å². The van der Waals surface area contributed by atoms with E-state index in [-0.39, 0.29) is 6.03 Å². The van der Waals surface area contributed by atoms with Gasteiger partial charge in [-0.25, -0.2) is 9.78 Å². The topological polar surface area (TPSA) is 95.9 Å². The van der Waals surface area contributed by atoms with Crippen molar-refractivity contribution in [3.8, 4) is 0 Å². The molecular formula is C28H26ClN7O. The molecule has 0 fully saturated rings. The summed E-state index contributed by atoms with van der Waals surface area (Å²) in [6.45, 7) is 0. The molecule has 2 aromatic heterocycles. The van der Waals surface area contributed by atoms with Crippen LogP contribution in [0.4, 0.5) is 33.6 Å². The molecule has 0 saturated heterocycles. The van der Waals surface area contributed by atoms with Gasteiger partial charge in [-0.05, 0) is 73.2 Å². The van der Waals surface area contributed by atoms with Crippen molar-refractivity contribution in [2.75, 3.05) is 21.3 Å². The van der Waals surface area contributed by atoms with Crippen LogP contribution in [-0.2, 0) is 13.5 Å². The second-order valence-electron chi connectivity index (χ2n) is 9.34. The highest BCUT2D eigenvalue weighted by atomic mass is 35.5. The zero-order valence-electron chi connectivity index (χ0n) is 20.3. The van der Waals surface area contributed by atoms with Crippen LogP contribution in [0.1, 0.15) is 18.4 Å². The lowest BCUT2D eigenvalue weighted by atomic mass is 9.91. The Bertz CT molecular complexity index is 1570. The van der Waals surface area contributed by atoms with Gasteiger partial charge in [0, 0.05) is 41.2 Å². The molecule has 4 N–H and O–H groups in total. The first-order valence-electron chi connectivity index (χ1n) is 12.2. The molecule has 186 valence electrons. The summed E-state index contributed by atoms with van der Waals surface area (Å²) in [5.41, 5.74) is 5.50. The lowest BCUT2D eigenvalue weighted by molar-refractivity contribution is 0.262. The number of nitrogens with zero attached hydrogens (tertiary/aromatic N) is 3. The summed E-state index contributed by atoms with van der Waals surface area (Å²) in [7, 11) is 1.99. The summed E-state index contributed by atoms with van der Waals surface area (Å²) in [6.07, 6.45) is 12.5. The van der Waals surface area contributed by atoms with Crippen LogP contribution < -0.4 is 21.3 Å². The van der Waals surface area contributed by atoms with Crippen LogP contribution in [-0.4, -0.2) is 20.6 Å². The number of halogens is 1. The van der Waals surface area contributed by atoms with Crippen molar-refractivity contribution in [1.82, 2.24) is 14.5 Å². The number of rotatable bonds is 2. The van der Waals surface area contributed by atoms with Crippen molar-refractivity contribution in [3.05, 3.63) is 89.4 Å². The molecule has 4 aromatic rings. The summed E-state index contributed by atoms with van der Waals surface area (Å²) in [4.78, 5) is 21.9. The number of benzene rings is 2. The van der Waals surface area contributed by atoms with Crippen molar-refractivity contribution >= 4 is 57.4 Å². The van der Waals surface area contributed by atoms with Gasteiger partial charge in [-0.2, -0.15) is 4.98 Å². The number of carbonyl (C=O) groups excluding carboxylic acids is 1. The maximum absolute atomic E-state index is 13.1. The first-order valence-corrected chi connectivity index (χ1v) is 12.6. The predicted molar refractivity (Wildman–Crippen MR) is 150 cm³/mol. The highest BCUT2D eigenvalue weighted by molar-refractivity contribution is 6.32. The molecule has 6 rings (SSSR count). The van der Waals surface area contributed by atoms with Gasteiger partial charge in [0.05, 0.1) is 11.9 Å². The van der Waals surface area contributed by atoms with E-state index in [1.807, 2.05) is 66.4 Å². The van der Waals surface area contributed by atoms with Crippen LogP contribution in [0.15, 0.2) is 78.8 Å². The smallest absolute Gasteiger partial charge is 0.323 e. The van der Waals surface area contributed by atoms with E-state index in [2.05, 4.69) is 43.4 Å². The van der Waals surface area contributed by atoms with E-state index in [9.17, 15) is 4.79 Å². The average Bonchev–Trinajstić information content (AvgIpc) is 3.27. The predicted octanol–water partition coefficient (Wildman–Crippen LogP) is 6.83. The second-order valence-corrected chi connectivity index (χ2v) is 9.74. The van der Waals surface area contributed by atoms with Gasteiger partial charge in [0.2, 0.25) is 5.95 Å². The number of aryl methyl sites for hydroxylation is 2. The molecule has 1 aliphatic heterocycles. The van der Waals surface area contributed by atoms with Gasteiger partial charge < -0.3 is 25.8 Å². The van der Waals surface area contributed by atoms with E-state index in [0.717, 1.165) is 58.5 Å². The fourth-order valence-electron chi connectivity index (χ4n) is 4.86. The number of allylic oxidation sites excluding steroid dienone is 4. The minimum absolute atomic E-state index is 0.285. The Balaban J connectivity index is 1.29. The molecule has 6 bridgehead atoms. The molecule has 1 atom stereocenters. The van der Waals surface area contributed by atoms with Gasteiger partial charge in [0.15, 0.2) is 5.82 Å². The number of amides is 2. The van der Waals surface area contributed by atoms with Crippen LogP contribution in [0.3, 0.4) is 0 Å². The normalized spacial score (nSPS) is 16.4. The molecule has 37 heavy (non-hydrogen) atoms. The van der Waals surface area contributed by atoms with Crippen molar-refractivity contribution in [1.29, 1.82) is 0 Å². The van der Waals surface area contributed by atoms with E-state index in [4.69, 9.17) is 11.6 Å². The Morgan fingerprint density at radius 3 is 2.95 bits per heavy atom. The van der Waals surface area contributed by atoms with Gasteiger partial charge in [-0.15, -0.1) is 0 Å². The molecule has 2 amide bonds. The SMILES string of the molecule is Cn1ccc2c(NC(=O)Nc3ccc4cc3CCC3C=CC=C(C3)Nc3ncc(Cl)c(n3)N4)cccc21. The first-order chi connectivity index (χ1) is 18.0. The Labute approximate surface area is 219 Å². The number of urea groups is 1. The maximum Gasteiger partial charge on any atom is 0.323 e. The Morgan fingerprint density at radius 2 is 2.03 bits per heavy atom. The molecule has 2 aromatic carbocycles. The van der Waals surface area contributed by atoms with Crippen molar-refractivity contribution in [3.63, 3.8) is 0 Å². The van der Waals surface area contributed by atoms with Crippen LogP contribution in [0.5, 0.6) is 0 Å². The summed E-state index contributed by atoms with van der Waals surface area (Å²) in [6, 6.07) is 13.5. The van der Waals surface area contributed by atoms with Gasteiger partial charge in [0.25, 0.3) is 0 Å². The fourth-order valence-corrected chi connectivity index (χ4v) is 5.00. The van der Waals surface area contributed by atoms with E-state index in [1.54, 1.807) is 6.20 Å². The molecular weight excluding hydrogens is 486 g/mol. The Morgan fingerprint density at radius 1 is 1.14 bits per heavy atom. The third kappa shape index (κ3) is 4.88. The zero-order chi connectivity index (χ0) is 25.4. The van der Waals surface area contributed by atoms with Crippen molar-refractivity contribution in [2.45, 2.75) is 19.3 Å². The van der Waals surface area contributed by atoms with Gasteiger partial charge in [-0.3, -0.25) is 0 Å². The van der Waals surface area contributed by atoms with E-state index in [0.29, 0.717) is 22.7 Å². The van der Waals surface area contributed by atoms with E-state index >= 15 is 0 Å². The van der Waals surface area contributed by atoms with Crippen molar-refractivity contribution < 1.29 is 4.79 Å². The van der Waals surface area contributed by atoms with Gasteiger partial charge in [-0.1, -0.05) is 29.8 Å². The molecule has 0 saturated carbocycles. The van der Waals surface area contributed by atoms with Crippen LogP contribution in [0.2, 0.25) is 5.02 Å². The van der Waals surface area contributed by atoms with Crippen LogP contribution in [0, 0.1) is 5.92 Å². The number of fused-ring (bicyclic) bond motifs is 7. The van der Waals surface area contributed by atoms with Gasteiger partial charge >= 0.3 is 6.03 Å². The minimum atomic E-state index is -0.285. The molecule has 8 nitrogen and oxygen atoms in total. The van der Waals surface area contributed by atoms with Crippen LogP contribution in [0.25, 0.3) is 10.9 Å². The maximum atomic E-state index is 13.1. The number of hydrogen-bond acceptors (Lipinski definition) is 5. The first kappa shape index (κ1) is 23.1. The zero-order valence-corrected chi connectivity index (χ0v) is 21.0. The molecule has 0 radical (unpaired) electrons. The number of hydrogen-bond donors (Lipinski definition) is 4. The summed E-state index contributed by atoms with van der Waals surface area (Å²) in [5, 5.41) is 14.1. The summed E-state index contributed by atoms with van der Waals surface area (Å²) in [5.74, 6) is 1.37. The Hall–Kier alpha value is -4.30. The molecule has 1 unspecified atom stereocenters. The van der Waals surface area contributed by atoms with Crippen molar-refractivity contribution in [2.24, 2.45) is 13.0 Å². The Kier molecular flexibility index (Phi) is 6.02. The lowest BCUT2D eigenvalue weighted by Gasteiger charge is -2.20. The summed E-state index contributed by atoms with van der Waals surface area (Å²) >= 11 is 6.38. The quantitative estimate of drug-likeness (QED) is 0.236. The van der Waals surface area contributed by atoms with E-state index in [1.165, 1.54) is 0 Å². The third-order valence-corrected chi connectivity index (χ3v) is 7.03. The number of aromatic nitrogens is 3. The summed E-state index contributed by atoms with van der Waals surface area (Å²) < 4.78 is 2.03. The van der Waals surface area contributed by atoms with Gasteiger partial charge in [0.1, 0.15) is 5.02 Å². The highest BCUT2D eigenvalue weighted by Crippen LogP contribution is 2.32. The largest absolute Gasteiger partial charge is 0.350 e.